The monoisotopic (exact) mass is 381 g/mol. The van der Waals surface area contributed by atoms with E-state index < -0.39 is 17.7 Å². The van der Waals surface area contributed by atoms with E-state index in [9.17, 15) is 9.59 Å². The Morgan fingerprint density at radius 2 is 1.57 bits per heavy atom. The number of anilines is 1. The Kier molecular flexibility index (Phi) is 5.87. The van der Waals surface area contributed by atoms with Gasteiger partial charge in [0.05, 0.1) is 5.69 Å². The van der Waals surface area contributed by atoms with E-state index in [-0.39, 0.29) is 5.91 Å². The lowest BCUT2D eigenvalue weighted by molar-refractivity contribution is -0.133. The molecule has 2 amide bonds. The van der Waals surface area contributed by atoms with Gasteiger partial charge in [-0.15, -0.1) is 0 Å². The lowest BCUT2D eigenvalue weighted by Crippen LogP contribution is -2.48. The number of ether oxygens (including phenoxy) is 1. The molecule has 0 aromatic heterocycles. The van der Waals surface area contributed by atoms with Gasteiger partial charge in [0, 0.05) is 13.1 Å². The number of para-hydroxylation sites is 1. The van der Waals surface area contributed by atoms with Gasteiger partial charge in [-0.1, -0.05) is 48.5 Å². The SMILES string of the molecule is CC(C)(C)OC(=O)N[C@@H](C(=O)N1CCCN1c1ccccc1)c1ccccc1. The topological polar surface area (TPSA) is 61.9 Å². The predicted octanol–water partition coefficient (Wildman–Crippen LogP) is 3.91. The van der Waals surface area contributed by atoms with E-state index in [1.54, 1.807) is 25.8 Å². The van der Waals surface area contributed by atoms with Gasteiger partial charge >= 0.3 is 6.09 Å². The second-order valence-electron chi connectivity index (χ2n) is 7.76. The minimum Gasteiger partial charge on any atom is -0.444 e. The van der Waals surface area contributed by atoms with Crippen molar-refractivity contribution in [3.05, 3.63) is 66.2 Å². The van der Waals surface area contributed by atoms with Crippen LogP contribution in [-0.2, 0) is 9.53 Å². The van der Waals surface area contributed by atoms with Crippen molar-refractivity contribution >= 4 is 17.7 Å². The minimum absolute atomic E-state index is 0.182. The van der Waals surface area contributed by atoms with E-state index in [0.29, 0.717) is 6.54 Å². The molecule has 0 aliphatic carbocycles. The van der Waals surface area contributed by atoms with E-state index in [0.717, 1.165) is 24.2 Å². The molecule has 0 saturated carbocycles. The number of carbonyl (C=O) groups excluding carboxylic acids is 2. The maximum absolute atomic E-state index is 13.4. The van der Waals surface area contributed by atoms with Crippen molar-refractivity contribution in [2.75, 3.05) is 18.1 Å². The highest BCUT2D eigenvalue weighted by Gasteiger charge is 2.34. The van der Waals surface area contributed by atoms with Gasteiger partial charge in [-0.05, 0) is 44.9 Å². The molecular weight excluding hydrogens is 354 g/mol. The van der Waals surface area contributed by atoms with Gasteiger partial charge in [-0.3, -0.25) is 14.8 Å². The first kappa shape index (κ1) is 19.7. The summed E-state index contributed by atoms with van der Waals surface area (Å²) >= 11 is 0. The minimum atomic E-state index is -0.819. The normalized spacial score (nSPS) is 15.2. The third kappa shape index (κ3) is 4.82. The number of hydrogen-bond donors (Lipinski definition) is 1. The lowest BCUT2D eigenvalue weighted by atomic mass is 10.1. The van der Waals surface area contributed by atoms with E-state index in [1.807, 2.05) is 65.7 Å². The molecular formula is C22H27N3O3. The molecule has 0 spiro atoms. The van der Waals surface area contributed by atoms with Crippen molar-refractivity contribution in [2.24, 2.45) is 0 Å². The van der Waals surface area contributed by atoms with E-state index >= 15 is 0 Å². The molecule has 2 aromatic rings. The summed E-state index contributed by atoms with van der Waals surface area (Å²) in [7, 11) is 0. The maximum Gasteiger partial charge on any atom is 0.408 e. The summed E-state index contributed by atoms with van der Waals surface area (Å²) in [6.45, 7) is 6.74. The number of carbonyl (C=O) groups is 2. The number of rotatable bonds is 4. The highest BCUT2D eigenvalue weighted by molar-refractivity contribution is 5.88. The van der Waals surface area contributed by atoms with Gasteiger partial charge in [0.15, 0.2) is 0 Å². The number of hydrogen-bond acceptors (Lipinski definition) is 4. The Labute approximate surface area is 166 Å². The van der Waals surface area contributed by atoms with Crippen LogP contribution in [0.4, 0.5) is 10.5 Å². The first-order valence-electron chi connectivity index (χ1n) is 9.53. The smallest absolute Gasteiger partial charge is 0.408 e. The second kappa shape index (κ2) is 8.33. The molecule has 1 atom stereocenters. The fourth-order valence-corrected chi connectivity index (χ4v) is 3.22. The van der Waals surface area contributed by atoms with Crippen LogP contribution in [-0.4, -0.2) is 35.7 Å². The quantitative estimate of drug-likeness (QED) is 0.872. The zero-order chi connectivity index (χ0) is 20.1. The van der Waals surface area contributed by atoms with E-state index in [2.05, 4.69) is 5.32 Å². The Balaban J connectivity index is 1.85. The van der Waals surface area contributed by atoms with E-state index in [1.165, 1.54) is 0 Å². The molecule has 28 heavy (non-hydrogen) atoms. The molecule has 0 radical (unpaired) electrons. The number of nitrogens with zero attached hydrogens (tertiary/aromatic N) is 2. The van der Waals surface area contributed by atoms with Gasteiger partial charge in [-0.25, -0.2) is 4.79 Å². The molecule has 6 nitrogen and oxygen atoms in total. The van der Waals surface area contributed by atoms with Crippen molar-refractivity contribution in [2.45, 2.75) is 38.8 Å². The average Bonchev–Trinajstić information content (AvgIpc) is 3.15. The molecule has 2 aromatic carbocycles. The van der Waals surface area contributed by atoms with Gasteiger partial charge in [0.2, 0.25) is 0 Å². The fourth-order valence-electron chi connectivity index (χ4n) is 3.22. The lowest BCUT2D eigenvalue weighted by Gasteiger charge is -2.33. The molecule has 1 N–H and O–H groups in total. The van der Waals surface area contributed by atoms with Crippen molar-refractivity contribution in [1.82, 2.24) is 10.3 Å². The van der Waals surface area contributed by atoms with Gasteiger partial charge in [0.1, 0.15) is 11.6 Å². The first-order chi connectivity index (χ1) is 13.3. The van der Waals surface area contributed by atoms with Gasteiger partial charge < -0.3 is 10.1 Å². The third-order valence-corrected chi connectivity index (χ3v) is 4.38. The zero-order valence-corrected chi connectivity index (χ0v) is 16.6. The van der Waals surface area contributed by atoms with Crippen molar-refractivity contribution in [3.63, 3.8) is 0 Å². The molecule has 1 aliphatic heterocycles. The molecule has 1 aliphatic rings. The predicted molar refractivity (Wildman–Crippen MR) is 109 cm³/mol. The highest BCUT2D eigenvalue weighted by atomic mass is 16.6. The van der Waals surface area contributed by atoms with Crippen molar-refractivity contribution < 1.29 is 14.3 Å². The van der Waals surface area contributed by atoms with Crippen LogP contribution in [0.3, 0.4) is 0 Å². The summed E-state index contributed by atoms with van der Waals surface area (Å²) in [6.07, 6.45) is 0.259. The maximum atomic E-state index is 13.4. The number of alkyl carbamates (subject to hydrolysis) is 1. The summed E-state index contributed by atoms with van der Waals surface area (Å²) in [5, 5.41) is 6.44. The Morgan fingerprint density at radius 3 is 2.18 bits per heavy atom. The van der Waals surface area contributed by atoms with Crippen LogP contribution < -0.4 is 10.3 Å². The van der Waals surface area contributed by atoms with Gasteiger partial charge in [-0.2, -0.15) is 0 Å². The third-order valence-electron chi connectivity index (χ3n) is 4.38. The summed E-state index contributed by atoms with van der Waals surface area (Å²) in [4.78, 5) is 25.8. The molecule has 0 unspecified atom stereocenters. The first-order valence-corrected chi connectivity index (χ1v) is 9.53. The summed E-state index contributed by atoms with van der Waals surface area (Å²) in [5.74, 6) is -0.182. The molecule has 3 rings (SSSR count). The van der Waals surface area contributed by atoms with Crippen LogP contribution in [0, 0.1) is 0 Å². The number of benzene rings is 2. The summed E-state index contributed by atoms with van der Waals surface area (Å²) in [6, 6.07) is 18.2. The standard InChI is InChI=1S/C22H27N3O3/c1-22(2,3)28-21(27)23-19(17-11-6-4-7-12-17)20(26)25-16-10-15-24(25)18-13-8-5-9-14-18/h4-9,11-14,19H,10,15-16H2,1-3H3,(H,23,27)/t19-/m1/s1. The largest absolute Gasteiger partial charge is 0.444 e. The Morgan fingerprint density at radius 1 is 0.964 bits per heavy atom. The summed E-state index contributed by atoms with van der Waals surface area (Å²) in [5.41, 5.74) is 1.04. The van der Waals surface area contributed by atoms with Crippen LogP contribution in [0.25, 0.3) is 0 Å². The second-order valence-corrected chi connectivity index (χ2v) is 7.76. The van der Waals surface area contributed by atoms with E-state index in [4.69, 9.17) is 4.74 Å². The highest BCUT2D eigenvalue weighted by Crippen LogP contribution is 2.25. The van der Waals surface area contributed by atoms with Crippen LogP contribution in [0.5, 0.6) is 0 Å². The van der Waals surface area contributed by atoms with Crippen LogP contribution in [0.2, 0.25) is 0 Å². The molecule has 6 heteroatoms. The fraction of sp³-hybridized carbons (Fsp3) is 0.364. The van der Waals surface area contributed by atoms with Crippen LogP contribution in [0.15, 0.2) is 60.7 Å². The molecule has 1 heterocycles. The van der Waals surface area contributed by atoms with Crippen molar-refractivity contribution in [1.29, 1.82) is 0 Å². The Bertz CT molecular complexity index is 803. The molecule has 148 valence electrons. The average molecular weight is 381 g/mol. The zero-order valence-electron chi connectivity index (χ0n) is 16.6. The number of nitrogens with one attached hydrogen (secondary N) is 1. The van der Waals surface area contributed by atoms with Crippen LogP contribution >= 0.6 is 0 Å². The molecule has 1 fully saturated rings. The van der Waals surface area contributed by atoms with Crippen LogP contribution in [0.1, 0.15) is 38.8 Å². The number of hydrazine groups is 1. The van der Waals surface area contributed by atoms with Crippen molar-refractivity contribution in [3.8, 4) is 0 Å². The van der Waals surface area contributed by atoms with Gasteiger partial charge in [0.25, 0.3) is 5.91 Å². The molecule has 1 saturated heterocycles. The summed E-state index contributed by atoms with van der Waals surface area (Å²) < 4.78 is 5.38. The Hall–Kier alpha value is -3.02. The molecule has 0 bridgehead atoms. The number of amides is 2.